The quantitative estimate of drug-likeness (QED) is 0.608. The molecule has 0 aliphatic heterocycles. The summed E-state index contributed by atoms with van der Waals surface area (Å²) in [5, 5.41) is 6.34. The van der Waals surface area contributed by atoms with E-state index < -0.39 is 12.1 Å². The van der Waals surface area contributed by atoms with E-state index in [1.165, 1.54) is 6.07 Å². The third-order valence-electron chi connectivity index (χ3n) is 1.05. The summed E-state index contributed by atoms with van der Waals surface area (Å²) in [6.07, 6.45) is -2.19. The molecule has 1 rings (SSSR count). The number of alkyl halides is 2. The lowest BCUT2D eigenvalue weighted by Crippen LogP contribution is -1.95. The van der Waals surface area contributed by atoms with Crippen molar-refractivity contribution in [3.63, 3.8) is 0 Å². The highest BCUT2D eigenvalue weighted by Crippen LogP contribution is 2.13. The number of hydrogen-bond acceptors (Lipinski definition) is 3. The predicted molar refractivity (Wildman–Crippen MR) is 32.4 cm³/mol. The number of carbonyl (C=O) groups is 1. The van der Waals surface area contributed by atoms with Crippen molar-refractivity contribution < 1.29 is 13.6 Å². The lowest BCUT2D eigenvalue weighted by molar-refractivity contribution is 0.111. The van der Waals surface area contributed by atoms with Crippen LogP contribution in [0.1, 0.15) is 22.6 Å². The van der Waals surface area contributed by atoms with Gasteiger partial charge in [-0.15, -0.1) is 10.2 Å². The van der Waals surface area contributed by atoms with Crippen LogP contribution in [0.5, 0.6) is 0 Å². The molecule has 0 aliphatic carbocycles. The first kappa shape index (κ1) is 7.71. The lowest BCUT2D eigenvalue weighted by atomic mass is 10.3. The van der Waals surface area contributed by atoms with Crippen molar-refractivity contribution in [2.24, 2.45) is 0 Å². The molecule has 0 saturated carbocycles. The Labute approximate surface area is 61.1 Å². The van der Waals surface area contributed by atoms with Crippen molar-refractivity contribution in [2.75, 3.05) is 0 Å². The van der Waals surface area contributed by atoms with Crippen LogP contribution in [-0.4, -0.2) is 16.5 Å². The minimum Gasteiger partial charge on any atom is -0.296 e. The molecule has 1 aromatic heterocycles. The maximum absolute atomic E-state index is 11.8. The van der Waals surface area contributed by atoms with Gasteiger partial charge in [-0.25, -0.2) is 8.78 Å². The molecule has 5 heteroatoms. The topological polar surface area (TPSA) is 42.9 Å². The largest absolute Gasteiger partial charge is 0.296 e. The van der Waals surface area contributed by atoms with Gasteiger partial charge in [-0.3, -0.25) is 4.79 Å². The lowest BCUT2D eigenvalue weighted by Gasteiger charge is -1.94. The number of nitrogens with zero attached hydrogens (tertiary/aromatic N) is 2. The smallest absolute Gasteiger partial charge is 0.282 e. The van der Waals surface area contributed by atoms with Crippen molar-refractivity contribution in [2.45, 2.75) is 6.43 Å². The zero-order valence-corrected chi connectivity index (χ0v) is 5.37. The molecule has 0 fully saturated rings. The number of carbonyl (C=O) groups excluding carboxylic acids is 1. The van der Waals surface area contributed by atoms with E-state index in [-0.39, 0.29) is 5.69 Å². The van der Waals surface area contributed by atoms with E-state index in [0.717, 1.165) is 6.07 Å². The molecule has 1 aromatic rings. The van der Waals surface area contributed by atoms with E-state index in [1.54, 1.807) is 0 Å². The van der Waals surface area contributed by atoms with Crippen LogP contribution < -0.4 is 0 Å². The molecule has 0 aromatic carbocycles. The molecule has 0 saturated heterocycles. The zero-order chi connectivity index (χ0) is 8.27. The molecule has 11 heavy (non-hydrogen) atoms. The van der Waals surface area contributed by atoms with Crippen LogP contribution in [-0.2, 0) is 0 Å². The van der Waals surface area contributed by atoms with Crippen molar-refractivity contribution in [3.8, 4) is 0 Å². The molecule has 0 atom stereocenters. The van der Waals surface area contributed by atoms with Gasteiger partial charge in [-0.2, -0.15) is 0 Å². The summed E-state index contributed by atoms with van der Waals surface area (Å²) in [6, 6.07) is 2.27. The van der Waals surface area contributed by atoms with Gasteiger partial charge in [0.25, 0.3) is 6.43 Å². The summed E-state index contributed by atoms with van der Waals surface area (Å²) in [6.45, 7) is 0. The number of rotatable bonds is 2. The maximum atomic E-state index is 11.8. The van der Waals surface area contributed by atoms with Gasteiger partial charge < -0.3 is 0 Å². The number of halogens is 2. The molecule has 0 bridgehead atoms. The average molecular weight is 158 g/mol. The van der Waals surface area contributed by atoms with Crippen LogP contribution in [0, 0.1) is 0 Å². The van der Waals surface area contributed by atoms with E-state index in [1.807, 2.05) is 0 Å². The van der Waals surface area contributed by atoms with Gasteiger partial charge in [0.05, 0.1) is 0 Å². The Morgan fingerprint density at radius 2 is 2.09 bits per heavy atom. The average Bonchev–Trinajstić information content (AvgIpc) is 2.05. The fraction of sp³-hybridized carbons (Fsp3) is 0.167. The van der Waals surface area contributed by atoms with E-state index in [4.69, 9.17) is 0 Å². The Kier molecular flexibility index (Phi) is 2.20. The van der Waals surface area contributed by atoms with Gasteiger partial charge in [0.1, 0.15) is 11.4 Å². The standard InChI is InChI=1S/C6H4F2N2O/c7-6(8)5-2-1-4(3-11)9-10-5/h1-3,6H. The Balaban J connectivity index is 2.91. The highest BCUT2D eigenvalue weighted by atomic mass is 19.3. The SMILES string of the molecule is O=Cc1ccc(C(F)F)nn1. The summed E-state index contributed by atoms with van der Waals surface area (Å²) in [5.74, 6) is 0. The van der Waals surface area contributed by atoms with Gasteiger partial charge in [0, 0.05) is 0 Å². The number of aromatic nitrogens is 2. The molecule has 3 nitrogen and oxygen atoms in total. The first-order valence-corrected chi connectivity index (χ1v) is 2.81. The minimum atomic E-state index is -2.64. The van der Waals surface area contributed by atoms with E-state index in [9.17, 15) is 13.6 Å². The van der Waals surface area contributed by atoms with E-state index in [0.29, 0.717) is 6.29 Å². The minimum absolute atomic E-state index is 0.0504. The van der Waals surface area contributed by atoms with Gasteiger partial charge in [-0.1, -0.05) is 0 Å². The molecule has 1 heterocycles. The monoisotopic (exact) mass is 158 g/mol. The van der Waals surface area contributed by atoms with Crippen LogP contribution in [0.2, 0.25) is 0 Å². The summed E-state index contributed by atoms with van der Waals surface area (Å²) in [7, 11) is 0. The number of aldehydes is 1. The van der Waals surface area contributed by atoms with Crippen molar-refractivity contribution in [1.82, 2.24) is 10.2 Å². The molecule has 0 aliphatic rings. The second kappa shape index (κ2) is 3.14. The molecule has 58 valence electrons. The molecule has 0 radical (unpaired) electrons. The van der Waals surface area contributed by atoms with Crippen LogP contribution in [0.25, 0.3) is 0 Å². The summed E-state index contributed by atoms with van der Waals surface area (Å²) < 4.78 is 23.6. The molecular formula is C6H4F2N2O. The molecule has 0 amide bonds. The summed E-state index contributed by atoms with van der Waals surface area (Å²) >= 11 is 0. The van der Waals surface area contributed by atoms with E-state index >= 15 is 0 Å². The Bertz CT molecular complexity index is 247. The van der Waals surface area contributed by atoms with Crippen LogP contribution in [0.15, 0.2) is 12.1 Å². The Morgan fingerprint density at radius 1 is 1.36 bits per heavy atom. The first-order valence-electron chi connectivity index (χ1n) is 2.81. The summed E-state index contributed by atoms with van der Waals surface area (Å²) in [4.78, 5) is 10.00. The molecular weight excluding hydrogens is 154 g/mol. The second-order valence-electron chi connectivity index (χ2n) is 1.80. The van der Waals surface area contributed by atoms with Gasteiger partial charge >= 0.3 is 0 Å². The van der Waals surface area contributed by atoms with Crippen molar-refractivity contribution >= 4 is 6.29 Å². The van der Waals surface area contributed by atoms with Gasteiger partial charge in [0.2, 0.25) is 0 Å². The third kappa shape index (κ3) is 1.76. The Morgan fingerprint density at radius 3 is 2.45 bits per heavy atom. The molecule has 0 unspecified atom stereocenters. The third-order valence-corrected chi connectivity index (χ3v) is 1.05. The molecule has 0 spiro atoms. The van der Waals surface area contributed by atoms with Crippen LogP contribution in [0.3, 0.4) is 0 Å². The van der Waals surface area contributed by atoms with Gasteiger partial charge in [0.15, 0.2) is 6.29 Å². The normalized spacial score (nSPS) is 10.1. The zero-order valence-electron chi connectivity index (χ0n) is 5.37. The first-order chi connectivity index (χ1) is 5.24. The number of hydrogen-bond donors (Lipinski definition) is 0. The predicted octanol–water partition coefficient (Wildman–Crippen LogP) is 1.23. The fourth-order valence-corrected chi connectivity index (χ4v) is 0.532. The van der Waals surface area contributed by atoms with Crippen molar-refractivity contribution in [1.29, 1.82) is 0 Å². The van der Waals surface area contributed by atoms with E-state index in [2.05, 4.69) is 10.2 Å². The molecule has 0 N–H and O–H groups in total. The fourth-order valence-electron chi connectivity index (χ4n) is 0.532. The summed E-state index contributed by atoms with van der Waals surface area (Å²) in [5.41, 5.74) is -0.370. The van der Waals surface area contributed by atoms with Crippen LogP contribution in [0.4, 0.5) is 8.78 Å². The van der Waals surface area contributed by atoms with Crippen LogP contribution >= 0.6 is 0 Å². The second-order valence-corrected chi connectivity index (χ2v) is 1.80. The Hall–Kier alpha value is -1.39. The highest BCUT2D eigenvalue weighted by molar-refractivity contribution is 5.71. The maximum Gasteiger partial charge on any atom is 0.282 e. The van der Waals surface area contributed by atoms with Gasteiger partial charge in [-0.05, 0) is 12.1 Å². The highest BCUT2D eigenvalue weighted by Gasteiger charge is 2.08. The van der Waals surface area contributed by atoms with Crippen molar-refractivity contribution in [3.05, 3.63) is 23.5 Å².